The van der Waals surface area contributed by atoms with Crippen LogP contribution >= 0.6 is 0 Å². The van der Waals surface area contributed by atoms with Crippen LogP contribution in [0.15, 0.2) is 41.0 Å². The van der Waals surface area contributed by atoms with Crippen molar-refractivity contribution in [3.63, 3.8) is 0 Å². The number of aliphatic hydroxyl groups is 1. The van der Waals surface area contributed by atoms with Gasteiger partial charge in [-0.3, -0.25) is 0 Å². The first-order valence-electron chi connectivity index (χ1n) is 3.64. The fraction of sp³-hybridized carbons (Fsp3) is 0.125. The summed E-state index contributed by atoms with van der Waals surface area (Å²) in [6.07, 6.45) is 6.76. The van der Waals surface area contributed by atoms with E-state index in [2.05, 4.69) is 4.99 Å². The third kappa shape index (κ3) is 0.972. The molecule has 62 valence electrons. The Balaban J connectivity index is 2.39. The Hall–Kier alpha value is -1.71. The van der Waals surface area contributed by atoms with Gasteiger partial charge in [0, 0.05) is 11.9 Å². The van der Waals surface area contributed by atoms with Crippen LogP contribution in [0.3, 0.4) is 0 Å². The fourth-order valence-electron chi connectivity index (χ4n) is 1.18. The van der Waals surface area contributed by atoms with E-state index in [0.29, 0.717) is 18.1 Å². The molecule has 0 unspecified atom stereocenters. The third-order valence-corrected chi connectivity index (χ3v) is 1.73. The van der Waals surface area contributed by atoms with Gasteiger partial charge in [-0.05, 0) is 12.2 Å². The fourth-order valence-corrected chi connectivity index (χ4v) is 1.18. The Labute approximate surface area is 70.0 Å². The van der Waals surface area contributed by atoms with Gasteiger partial charge in [0.15, 0.2) is 11.6 Å². The molecule has 0 radical (unpaired) electrons. The van der Waals surface area contributed by atoms with Crippen molar-refractivity contribution in [2.24, 2.45) is 10.7 Å². The molecule has 2 aliphatic rings. The maximum absolute atomic E-state index is 9.36. The molecule has 0 atom stereocenters. The number of aliphatic imine (C=N–C) groups is 1. The molecule has 0 aromatic carbocycles. The zero-order valence-corrected chi connectivity index (χ0v) is 6.44. The van der Waals surface area contributed by atoms with E-state index in [0.717, 1.165) is 0 Å². The number of allylic oxidation sites excluding steroid dienone is 2. The molecule has 0 aliphatic carbocycles. The van der Waals surface area contributed by atoms with Crippen molar-refractivity contribution < 1.29 is 5.11 Å². The Bertz CT molecular complexity index is 325. The van der Waals surface area contributed by atoms with Gasteiger partial charge in [0.05, 0.1) is 12.7 Å². The first-order valence-corrected chi connectivity index (χ1v) is 3.64. The lowest BCUT2D eigenvalue weighted by Gasteiger charge is -2.26. The summed E-state index contributed by atoms with van der Waals surface area (Å²) in [5.74, 6) is 0.743. The molecule has 0 saturated heterocycles. The van der Waals surface area contributed by atoms with E-state index < -0.39 is 0 Å². The second-order valence-electron chi connectivity index (χ2n) is 2.68. The highest BCUT2D eigenvalue weighted by Gasteiger charge is 2.18. The number of nitrogens with two attached hydrogens (primary N) is 1. The van der Waals surface area contributed by atoms with Gasteiger partial charge in [0.25, 0.3) is 0 Å². The van der Waals surface area contributed by atoms with E-state index in [-0.39, 0.29) is 5.76 Å². The van der Waals surface area contributed by atoms with Crippen LogP contribution < -0.4 is 5.73 Å². The van der Waals surface area contributed by atoms with Crippen LogP contribution in [0, 0.1) is 0 Å². The standard InChI is InChI=1S/C8H9N3O/c9-6-4-10-8-7(12)2-1-3-11(8)5-6/h1-4,12H,5,9H2. The quantitative estimate of drug-likeness (QED) is 0.545. The summed E-state index contributed by atoms with van der Waals surface area (Å²) < 4.78 is 0. The highest BCUT2D eigenvalue weighted by Crippen LogP contribution is 2.13. The molecule has 0 amide bonds. The van der Waals surface area contributed by atoms with Crippen molar-refractivity contribution >= 4 is 5.84 Å². The summed E-state index contributed by atoms with van der Waals surface area (Å²) in [6.45, 7) is 0.591. The van der Waals surface area contributed by atoms with Gasteiger partial charge < -0.3 is 15.7 Å². The van der Waals surface area contributed by atoms with E-state index in [1.807, 2.05) is 6.20 Å². The molecule has 0 aromatic heterocycles. The van der Waals surface area contributed by atoms with E-state index in [4.69, 9.17) is 5.73 Å². The number of hydrogen-bond donors (Lipinski definition) is 2. The van der Waals surface area contributed by atoms with Crippen molar-refractivity contribution in [2.45, 2.75) is 0 Å². The zero-order valence-electron chi connectivity index (χ0n) is 6.44. The maximum Gasteiger partial charge on any atom is 0.175 e. The van der Waals surface area contributed by atoms with Gasteiger partial charge in [0.1, 0.15) is 0 Å². The van der Waals surface area contributed by atoms with Crippen LogP contribution in [0.1, 0.15) is 0 Å². The van der Waals surface area contributed by atoms with Crippen LogP contribution in [0.25, 0.3) is 0 Å². The van der Waals surface area contributed by atoms with Gasteiger partial charge in [-0.25, -0.2) is 4.99 Å². The first kappa shape index (κ1) is 6.97. The summed E-state index contributed by atoms with van der Waals surface area (Å²) in [7, 11) is 0. The summed E-state index contributed by atoms with van der Waals surface area (Å²) in [6, 6.07) is 0. The van der Waals surface area contributed by atoms with Gasteiger partial charge in [-0.2, -0.15) is 0 Å². The van der Waals surface area contributed by atoms with Crippen LogP contribution in [-0.2, 0) is 0 Å². The smallest absolute Gasteiger partial charge is 0.175 e. The molecule has 2 aliphatic heterocycles. The lowest BCUT2D eigenvalue weighted by atomic mass is 10.2. The minimum absolute atomic E-state index is 0.182. The van der Waals surface area contributed by atoms with Crippen LogP contribution in [0.2, 0.25) is 0 Å². The molecule has 4 nitrogen and oxygen atoms in total. The zero-order chi connectivity index (χ0) is 8.55. The second kappa shape index (κ2) is 2.41. The average Bonchev–Trinajstić information content (AvgIpc) is 2.04. The van der Waals surface area contributed by atoms with E-state index in [1.165, 1.54) is 0 Å². The Morgan fingerprint density at radius 1 is 1.58 bits per heavy atom. The third-order valence-electron chi connectivity index (χ3n) is 1.73. The Morgan fingerprint density at radius 3 is 3.25 bits per heavy atom. The minimum atomic E-state index is 0.182. The van der Waals surface area contributed by atoms with E-state index in [9.17, 15) is 5.11 Å². The van der Waals surface area contributed by atoms with Gasteiger partial charge in [-0.15, -0.1) is 0 Å². The van der Waals surface area contributed by atoms with Crippen LogP contribution in [0.5, 0.6) is 0 Å². The van der Waals surface area contributed by atoms with Crippen LogP contribution in [-0.4, -0.2) is 22.4 Å². The molecule has 0 saturated carbocycles. The Morgan fingerprint density at radius 2 is 2.42 bits per heavy atom. The lowest BCUT2D eigenvalue weighted by Crippen LogP contribution is -2.34. The van der Waals surface area contributed by atoms with E-state index in [1.54, 1.807) is 23.3 Å². The number of amidine groups is 1. The van der Waals surface area contributed by atoms with Gasteiger partial charge in [0.2, 0.25) is 0 Å². The first-order chi connectivity index (χ1) is 5.77. The maximum atomic E-state index is 9.36. The van der Waals surface area contributed by atoms with Crippen molar-refractivity contribution in [1.82, 2.24) is 4.90 Å². The normalized spacial score (nSPS) is 21.0. The predicted octanol–water partition coefficient (Wildman–Crippen LogP) is 0.470. The highest BCUT2D eigenvalue weighted by atomic mass is 16.3. The van der Waals surface area contributed by atoms with Crippen molar-refractivity contribution in [1.29, 1.82) is 0 Å². The average molecular weight is 163 g/mol. The molecular weight excluding hydrogens is 154 g/mol. The molecule has 12 heavy (non-hydrogen) atoms. The molecule has 0 fully saturated rings. The van der Waals surface area contributed by atoms with Crippen LogP contribution in [0.4, 0.5) is 0 Å². The monoisotopic (exact) mass is 163 g/mol. The second-order valence-corrected chi connectivity index (χ2v) is 2.68. The highest BCUT2D eigenvalue weighted by molar-refractivity contribution is 5.99. The summed E-state index contributed by atoms with van der Waals surface area (Å²) >= 11 is 0. The number of fused-ring (bicyclic) bond motifs is 1. The molecule has 4 heteroatoms. The lowest BCUT2D eigenvalue weighted by molar-refractivity contribution is 0.419. The van der Waals surface area contributed by atoms with Crippen molar-refractivity contribution in [3.8, 4) is 0 Å². The predicted molar refractivity (Wildman–Crippen MR) is 46.3 cm³/mol. The Kier molecular flexibility index (Phi) is 1.40. The molecule has 0 spiro atoms. The topological polar surface area (TPSA) is 61.9 Å². The minimum Gasteiger partial charge on any atom is -0.504 e. The van der Waals surface area contributed by atoms with Gasteiger partial charge >= 0.3 is 0 Å². The molecule has 2 heterocycles. The number of hydrogen-bond acceptors (Lipinski definition) is 4. The molecular formula is C8H9N3O. The largest absolute Gasteiger partial charge is 0.504 e. The summed E-state index contributed by atoms with van der Waals surface area (Å²) in [4.78, 5) is 5.80. The summed E-state index contributed by atoms with van der Waals surface area (Å²) in [5.41, 5.74) is 6.26. The number of nitrogens with zero attached hydrogens (tertiary/aromatic N) is 2. The molecule has 3 N–H and O–H groups in total. The number of rotatable bonds is 0. The van der Waals surface area contributed by atoms with Crippen molar-refractivity contribution in [3.05, 3.63) is 36.0 Å². The SMILES string of the molecule is NC1=CN=C2C(O)=CC=CN2C1. The number of aliphatic hydroxyl groups excluding tert-OH is 1. The van der Waals surface area contributed by atoms with E-state index >= 15 is 0 Å². The molecule has 2 rings (SSSR count). The molecule has 0 aromatic rings. The van der Waals surface area contributed by atoms with Crippen molar-refractivity contribution in [2.75, 3.05) is 6.54 Å². The summed E-state index contributed by atoms with van der Waals surface area (Å²) in [5, 5.41) is 9.36. The van der Waals surface area contributed by atoms with Gasteiger partial charge in [-0.1, -0.05) is 0 Å². The molecule has 0 bridgehead atoms.